The summed E-state index contributed by atoms with van der Waals surface area (Å²) in [5.41, 5.74) is 0.525. The highest BCUT2D eigenvalue weighted by Crippen LogP contribution is 2.35. The van der Waals surface area contributed by atoms with Crippen LogP contribution in [-0.4, -0.2) is 36.1 Å². The molecule has 1 saturated carbocycles. The molecule has 1 saturated heterocycles. The molecule has 1 atom stereocenters. The smallest absolute Gasteiger partial charge is 0.0334 e. The Bertz CT molecular complexity index is 233. The van der Waals surface area contributed by atoms with Crippen molar-refractivity contribution in [3.05, 3.63) is 0 Å². The predicted octanol–water partition coefficient (Wildman–Crippen LogP) is 3.56. The summed E-state index contributed by atoms with van der Waals surface area (Å²) >= 11 is 0. The van der Waals surface area contributed by atoms with E-state index in [1.54, 1.807) is 0 Å². The van der Waals surface area contributed by atoms with E-state index in [1.807, 2.05) is 0 Å². The van der Waals surface area contributed by atoms with Gasteiger partial charge in [-0.3, -0.25) is 4.90 Å². The van der Waals surface area contributed by atoms with E-state index in [0.717, 1.165) is 6.04 Å². The Morgan fingerprint density at radius 2 is 1.89 bits per heavy atom. The molecule has 2 fully saturated rings. The second kappa shape index (κ2) is 6.91. The maximum atomic E-state index is 3.81. The van der Waals surface area contributed by atoms with Gasteiger partial charge >= 0.3 is 0 Å². The zero-order valence-electron chi connectivity index (χ0n) is 12.5. The Morgan fingerprint density at radius 1 is 1.11 bits per heavy atom. The summed E-state index contributed by atoms with van der Waals surface area (Å²) in [6.07, 6.45) is 12.6. The average molecular weight is 252 g/mol. The van der Waals surface area contributed by atoms with Gasteiger partial charge in [-0.15, -0.1) is 0 Å². The van der Waals surface area contributed by atoms with Crippen molar-refractivity contribution in [3.63, 3.8) is 0 Å². The molecule has 0 aromatic carbocycles. The lowest BCUT2D eigenvalue weighted by Gasteiger charge is -2.52. The number of hydrogen-bond donors (Lipinski definition) is 1. The van der Waals surface area contributed by atoms with Gasteiger partial charge < -0.3 is 5.32 Å². The first kappa shape index (κ1) is 14.3. The molecule has 1 unspecified atom stereocenters. The number of hydrogen-bond acceptors (Lipinski definition) is 2. The van der Waals surface area contributed by atoms with Crippen LogP contribution in [0.2, 0.25) is 0 Å². The number of nitrogens with zero attached hydrogens (tertiary/aromatic N) is 1. The Morgan fingerprint density at radius 3 is 2.56 bits per heavy atom. The minimum atomic E-state index is 0.525. The first-order chi connectivity index (χ1) is 8.80. The second-order valence-electron chi connectivity index (χ2n) is 6.42. The van der Waals surface area contributed by atoms with Gasteiger partial charge in [0, 0.05) is 24.7 Å². The van der Waals surface area contributed by atoms with Crippen molar-refractivity contribution >= 4 is 0 Å². The molecule has 2 heteroatoms. The normalized spacial score (nSPS) is 28.7. The largest absolute Gasteiger partial charge is 0.311 e. The van der Waals surface area contributed by atoms with Crippen LogP contribution in [0.25, 0.3) is 0 Å². The molecule has 2 aliphatic rings. The van der Waals surface area contributed by atoms with Crippen LogP contribution in [0, 0.1) is 0 Å². The van der Waals surface area contributed by atoms with Crippen molar-refractivity contribution in [2.75, 3.05) is 19.6 Å². The lowest BCUT2D eigenvalue weighted by molar-refractivity contribution is 0.00817. The summed E-state index contributed by atoms with van der Waals surface area (Å²) in [6, 6.07) is 0.735. The van der Waals surface area contributed by atoms with Crippen LogP contribution in [-0.2, 0) is 0 Å². The highest BCUT2D eigenvalue weighted by molar-refractivity contribution is 5.00. The molecule has 1 N–H and O–H groups in total. The molecule has 0 bridgehead atoms. The van der Waals surface area contributed by atoms with Gasteiger partial charge in [0.05, 0.1) is 0 Å². The SMILES string of the molecule is CCCCCN1CC(CC)NCC12CCCCC2. The topological polar surface area (TPSA) is 15.3 Å². The van der Waals surface area contributed by atoms with E-state index in [0.29, 0.717) is 5.54 Å². The first-order valence-corrected chi connectivity index (χ1v) is 8.29. The molecule has 0 amide bonds. The van der Waals surface area contributed by atoms with E-state index in [9.17, 15) is 0 Å². The summed E-state index contributed by atoms with van der Waals surface area (Å²) in [7, 11) is 0. The van der Waals surface area contributed by atoms with Crippen LogP contribution in [0.5, 0.6) is 0 Å². The highest BCUT2D eigenvalue weighted by atomic mass is 15.3. The van der Waals surface area contributed by atoms with E-state index in [1.165, 1.54) is 77.4 Å². The lowest BCUT2D eigenvalue weighted by atomic mass is 9.78. The van der Waals surface area contributed by atoms with Crippen molar-refractivity contribution in [1.82, 2.24) is 10.2 Å². The zero-order valence-corrected chi connectivity index (χ0v) is 12.5. The van der Waals surface area contributed by atoms with Crippen molar-refractivity contribution in [1.29, 1.82) is 0 Å². The number of piperazine rings is 1. The summed E-state index contributed by atoms with van der Waals surface area (Å²) < 4.78 is 0. The van der Waals surface area contributed by atoms with Crippen molar-refractivity contribution in [2.45, 2.75) is 83.2 Å². The molecule has 106 valence electrons. The first-order valence-electron chi connectivity index (χ1n) is 8.29. The van der Waals surface area contributed by atoms with E-state index >= 15 is 0 Å². The van der Waals surface area contributed by atoms with Crippen LogP contribution in [0.15, 0.2) is 0 Å². The zero-order chi connectivity index (χ0) is 12.8. The summed E-state index contributed by atoms with van der Waals surface area (Å²) in [6.45, 7) is 8.51. The molecule has 0 aromatic heterocycles. The fraction of sp³-hybridized carbons (Fsp3) is 1.00. The molecule has 1 spiro atoms. The fourth-order valence-electron chi connectivity index (χ4n) is 3.83. The van der Waals surface area contributed by atoms with Crippen LogP contribution in [0.1, 0.15) is 71.6 Å². The Hall–Kier alpha value is -0.0800. The molecule has 2 rings (SSSR count). The highest BCUT2D eigenvalue weighted by Gasteiger charge is 2.41. The molecule has 18 heavy (non-hydrogen) atoms. The monoisotopic (exact) mass is 252 g/mol. The Balaban J connectivity index is 1.96. The quantitative estimate of drug-likeness (QED) is 0.753. The lowest BCUT2D eigenvalue weighted by Crippen LogP contribution is -2.65. The molecule has 2 nitrogen and oxygen atoms in total. The van der Waals surface area contributed by atoms with Gasteiger partial charge in [0.1, 0.15) is 0 Å². The standard InChI is InChI=1S/C16H32N2/c1-3-5-9-12-18-13-15(4-2)17-14-16(18)10-7-6-8-11-16/h15,17H,3-14H2,1-2H3. The van der Waals surface area contributed by atoms with E-state index in [-0.39, 0.29) is 0 Å². The van der Waals surface area contributed by atoms with Gasteiger partial charge in [0.15, 0.2) is 0 Å². The maximum Gasteiger partial charge on any atom is 0.0334 e. The van der Waals surface area contributed by atoms with Gasteiger partial charge in [-0.05, 0) is 32.2 Å². The van der Waals surface area contributed by atoms with Crippen LogP contribution in [0.4, 0.5) is 0 Å². The van der Waals surface area contributed by atoms with Gasteiger partial charge in [0.25, 0.3) is 0 Å². The molecular weight excluding hydrogens is 220 g/mol. The molecule has 1 aliphatic carbocycles. The number of unbranched alkanes of at least 4 members (excludes halogenated alkanes) is 2. The fourth-order valence-corrected chi connectivity index (χ4v) is 3.83. The number of nitrogens with one attached hydrogen (secondary N) is 1. The summed E-state index contributed by atoms with van der Waals surface area (Å²) in [5, 5.41) is 3.81. The Kier molecular flexibility index (Phi) is 5.50. The van der Waals surface area contributed by atoms with Crippen LogP contribution >= 0.6 is 0 Å². The average Bonchev–Trinajstić information content (AvgIpc) is 2.42. The van der Waals surface area contributed by atoms with Crippen molar-refractivity contribution in [2.24, 2.45) is 0 Å². The van der Waals surface area contributed by atoms with E-state index in [2.05, 4.69) is 24.1 Å². The van der Waals surface area contributed by atoms with Crippen molar-refractivity contribution < 1.29 is 0 Å². The van der Waals surface area contributed by atoms with Crippen LogP contribution in [0.3, 0.4) is 0 Å². The molecule has 0 aromatic rings. The van der Waals surface area contributed by atoms with E-state index < -0.39 is 0 Å². The minimum absolute atomic E-state index is 0.525. The minimum Gasteiger partial charge on any atom is -0.311 e. The van der Waals surface area contributed by atoms with E-state index in [4.69, 9.17) is 0 Å². The second-order valence-corrected chi connectivity index (χ2v) is 6.42. The third-order valence-corrected chi connectivity index (χ3v) is 5.14. The van der Waals surface area contributed by atoms with Gasteiger partial charge in [-0.25, -0.2) is 0 Å². The van der Waals surface area contributed by atoms with Gasteiger partial charge in [-0.2, -0.15) is 0 Å². The Labute approximate surface area is 114 Å². The van der Waals surface area contributed by atoms with Gasteiger partial charge in [-0.1, -0.05) is 46.0 Å². The molecule has 1 aliphatic heterocycles. The summed E-state index contributed by atoms with van der Waals surface area (Å²) in [5.74, 6) is 0. The molecule has 0 radical (unpaired) electrons. The predicted molar refractivity (Wildman–Crippen MR) is 79.0 cm³/mol. The molecule has 1 heterocycles. The van der Waals surface area contributed by atoms with Crippen molar-refractivity contribution in [3.8, 4) is 0 Å². The maximum absolute atomic E-state index is 3.81. The third-order valence-electron chi connectivity index (χ3n) is 5.14. The third kappa shape index (κ3) is 3.27. The molecular formula is C16H32N2. The van der Waals surface area contributed by atoms with Gasteiger partial charge in [0.2, 0.25) is 0 Å². The summed E-state index contributed by atoms with van der Waals surface area (Å²) in [4.78, 5) is 2.87. The van der Waals surface area contributed by atoms with Crippen LogP contribution < -0.4 is 5.32 Å². The number of rotatable bonds is 5.